The summed E-state index contributed by atoms with van der Waals surface area (Å²) in [5, 5.41) is 18.5. The number of nitrogens with zero attached hydrogens (tertiary/aromatic N) is 3. The van der Waals surface area contributed by atoms with Crippen molar-refractivity contribution in [1.29, 1.82) is 0 Å². The number of alkyl carbamates (subject to hydrolysis) is 3. The number of benzene rings is 1. The molecule has 1 atom stereocenters. The van der Waals surface area contributed by atoms with Crippen LogP contribution in [-0.4, -0.2) is 82.1 Å². The molecule has 0 aliphatic rings. The van der Waals surface area contributed by atoms with Gasteiger partial charge in [-0.25, -0.2) is 19.0 Å². The van der Waals surface area contributed by atoms with Gasteiger partial charge in [0.2, 0.25) is 11.9 Å². The molecule has 0 fully saturated rings. The Balaban J connectivity index is 1.94. The third-order valence-corrected chi connectivity index (χ3v) is 7.52. The molecule has 1 aromatic carbocycles. The third-order valence-electron chi connectivity index (χ3n) is 6.38. The number of thioether (sulfide) groups is 1. The van der Waals surface area contributed by atoms with Crippen LogP contribution >= 0.6 is 11.8 Å². The summed E-state index contributed by atoms with van der Waals surface area (Å²) in [6.45, 7) is 21.8. The van der Waals surface area contributed by atoms with Crippen LogP contribution in [0.15, 0.2) is 33.2 Å². The summed E-state index contributed by atoms with van der Waals surface area (Å²) in [6, 6.07) is 3.06. The van der Waals surface area contributed by atoms with Crippen LogP contribution in [0.5, 0.6) is 0 Å². The number of unbranched alkanes of at least 4 members (excludes halogenated alkanes) is 2. The first-order valence-corrected chi connectivity index (χ1v) is 18.0. The van der Waals surface area contributed by atoms with Gasteiger partial charge in [0.15, 0.2) is 0 Å². The molecule has 4 N–H and O–H groups in total. The van der Waals surface area contributed by atoms with Gasteiger partial charge in [-0.1, -0.05) is 19.1 Å². The van der Waals surface area contributed by atoms with Crippen molar-refractivity contribution < 1.29 is 38.0 Å². The van der Waals surface area contributed by atoms with E-state index in [1.807, 2.05) is 19.1 Å². The summed E-state index contributed by atoms with van der Waals surface area (Å²) in [5.41, 5.74) is 0.897. The largest absolute Gasteiger partial charge is 0.444 e. The highest BCUT2D eigenvalue weighted by Gasteiger charge is 2.25. The molecule has 0 bridgehead atoms. The molecular formula is C35H55N7O8S. The summed E-state index contributed by atoms with van der Waals surface area (Å²) in [5.74, 6) is 0.305. The third kappa shape index (κ3) is 17.4. The Morgan fingerprint density at radius 3 is 1.96 bits per heavy atom. The highest BCUT2D eigenvalue weighted by atomic mass is 32.2. The van der Waals surface area contributed by atoms with Crippen molar-refractivity contribution in [2.24, 2.45) is 4.99 Å². The molecule has 16 heteroatoms. The molecule has 2 aromatic rings. The molecule has 51 heavy (non-hydrogen) atoms. The zero-order valence-electron chi connectivity index (χ0n) is 31.6. The average Bonchev–Trinajstić information content (AvgIpc) is 3.45. The van der Waals surface area contributed by atoms with Crippen molar-refractivity contribution >= 4 is 58.5 Å². The van der Waals surface area contributed by atoms with Crippen LogP contribution < -0.4 is 21.3 Å². The first-order valence-electron chi connectivity index (χ1n) is 17.0. The van der Waals surface area contributed by atoms with Gasteiger partial charge in [-0.2, -0.15) is 0 Å². The summed E-state index contributed by atoms with van der Waals surface area (Å²) in [4.78, 5) is 55.8. The maximum atomic E-state index is 13.2. The van der Waals surface area contributed by atoms with E-state index in [9.17, 15) is 19.2 Å². The number of rotatable bonds is 14. The second-order valence-corrected chi connectivity index (χ2v) is 16.0. The van der Waals surface area contributed by atoms with E-state index in [4.69, 9.17) is 18.8 Å². The number of guanidine groups is 1. The van der Waals surface area contributed by atoms with Gasteiger partial charge >= 0.3 is 18.3 Å². The number of carbonyl (C=O) groups is 4. The Morgan fingerprint density at radius 2 is 1.39 bits per heavy atom. The minimum absolute atomic E-state index is 0.0883. The average molecular weight is 734 g/mol. The van der Waals surface area contributed by atoms with E-state index in [1.54, 1.807) is 74.1 Å². The predicted octanol–water partition coefficient (Wildman–Crippen LogP) is 6.71. The predicted molar refractivity (Wildman–Crippen MR) is 198 cm³/mol. The molecular weight excluding hydrogens is 678 g/mol. The van der Waals surface area contributed by atoms with E-state index in [0.29, 0.717) is 18.5 Å². The van der Waals surface area contributed by atoms with Crippen molar-refractivity contribution in [1.82, 2.24) is 31.6 Å². The molecule has 0 aliphatic heterocycles. The summed E-state index contributed by atoms with van der Waals surface area (Å²) in [6.07, 6.45) is 0.660. The lowest BCUT2D eigenvalue weighted by molar-refractivity contribution is -0.123. The first kappa shape index (κ1) is 42.8. The van der Waals surface area contributed by atoms with Crippen LogP contribution in [0, 0.1) is 0 Å². The number of hydrogen-bond donors (Lipinski definition) is 4. The number of carbonyl (C=O) groups excluding carboxylic acids is 4. The SMILES string of the molecule is C=C(C)c1ccc(SCCCCCNC(=O)C(CCCN=C(NC(=O)OC(C)(C)C)NC(=O)OC(C)(C)C)NC(=O)OC(C)(C)C)c2nonc12. The highest BCUT2D eigenvalue weighted by Crippen LogP contribution is 2.31. The standard InChI is InChI=1S/C35H55N7O8S/c1-22(2)23-17-18-25(27-26(23)41-50-42-27)51-21-14-12-13-19-36-28(43)24(38-30(44)47-33(3,4)5)16-15-20-37-29(39-31(45)48-34(6,7)8)40-32(46)49-35(9,10)11/h17-18,24H,1,12-16,19-21H2,2-11H3,(H,36,43)(H,38,44)(H2,37,39,40,45,46). The van der Waals surface area contributed by atoms with E-state index in [2.05, 4.69) is 43.2 Å². The molecule has 284 valence electrons. The Labute approximate surface area is 304 Å². The highest BCUT2D eigenvalue weighted by molar-refractivity contribution is 7.99. The van der Waals surface area contributed by atoms with E-state index in [-0.39, 0.29) is 24.8 Å². The molecule has 0 saturated heterocycles. The topological polar surface area (TPSA) is 195 Å². The Bertz CT molecular complexity index is 1510. The Kier molecular flexibility index (Phi) is 16.2. The molecule has 1 heterocycles. The van der Waals surface area contributed by atoms with Crippen molar-refractivity contribution in [3.63, 3.8) is 0 Å². The number of ether oxygens (including phenoxy) is 3. The molecule has 4 amide bonds. The Morgan fingerprint density at radius 1 is 0.824 bits per heavy atom. The number of aromatic nitrogens is 2. The number of hydrogen-bond acceptors (Lipinski definition) is 12. The lowest BCUT2D eigenvalue weighted by Crippen LogP contribution is -2.48. The quantitative estimate of drug-likeness (QED) is 0.0529. The number of nitrogens with one attached hydrogen (secondary N) is 4. The van der Waals surface area contributed by atoms with Crippen molar-refractivity contribution in [2.45, 2.75) is 129 Å². The van der Waals surface area contributed by atoms with Crippen LogP contribution in [0.2, 0.25) is 0 Å². The van der Waals surface area contributed by atoms with Gasteiger partial charge in [0.1, 0.15) is 33.9 Å². The fourth-order valence-corrected chi connectivity index (χ4v) is 5.34. The molecule has 0 spiro atoms. The number of aliphatic imine (C=N–C) groups is 1. The van der Waals surface area contributed by atoms with Crippen LogP contribution in [0.4, 0.5) is 14.4 Å². The van der Waals surface area contributed by atoms with Gasteiger partial charge in [0.25, 0.3) is 0 Å². The number of fused-ring (bicyclic) bond motifs is 1. The van der Waals surface area contributed by atoms with Gasteiger partial charge in [-0.15, -0.1) is 11.8 Å². The van der Waals surface area contributed by atoms with E-state index < -0.39 is 41.1 Å². The number of amides is 4. The fourth-order valence-electron chi connectivity index (χ4n) is 4.34. The van der Waals surface area contributed by atoms with E-state index >= 15 is 0 Å². The summed E-state index contributed by atoms with van der Waals surface area (Å²) in [7, 11) is 0. The van der Waals surface area contributed by atoms with Crippen molar-refractivity contribution in [3.8, 4) is 0 Å². The molecule has 0 aliphatic carbocycles. The molecule has 0 radical (unpaired) electrons. The number of allylic oxidation sites excluding steroid dienone is 1. The van der Waals surface area contributed by atoms with Crippen LogP contribution in [0.1, 0.15) is 107 Å². The van der Waals surface area contributed by atoms with Crippen molar-refractivity contribution in [3.05, 3.63) is 24.3 Å². The second kappa shape index (κ2) is 19.3. The zero-order chi connectivity index (χ0) is 38.4. The molecule has 15 nitrogen and oxygen atoms in total. The first-order chi connectivity index (χ1) is 23.6. The van der Waals surface area contributed by atoms with Gasteiger partial charge in [0, 0.05) is 23.5 Å². The normalized spacial score (nSPS) is 12.4. The lowest BCUT2D eigenvalue weighted by Gasteiger charge is -2.23. The maximum Gasteiger partial charge on any atom is 0.414 e. The van der Waals surface area contributed by atoms with Crippen LogP contribution in [-0.2, 0) is 19.0 Å². The lowest BCUT2D eigenvalue weighted by atomic mass is 10.1. The molecule has 1 aromatic heterocycles. The summed E-state index contributed by atoms with van der Waals surface area (Å²) >= 11 is 1.67. The van der Waals surface area contributed by atoms with Gasteiger partial charge in [0.05, 0.1) is 0 Å². The maximum absolute atomic E-state index is 13.2. The van der Waals surface area contributed by atoms with Gasteiger partial charge < -0.3 is 24.8 Å². The van der Waals surface area contributed by atoms with Crippen LogP contribution in [0.25, 0.3) is 16.6 Å². The molecule has 1 unspecified atom stereocenters. The minimum Gasteiger partial charge on any atom is -0.444 e. The van der Waals surface area contributed by atoms with Crippen LogP contribution in [0.3, 0.4) is 0 Å². The van der Waals surface area contributed by atoms with E-state index in [1.165, 1.54) is 0 Å². The smallest absolute Gasteiger partial charge is 0.414 e. The van der Waals surface area contributed by atoms with E-state index in [0.717, 1.165) is 46.6 Å². The second-order valence-electron chi connectivity index (χ2n) is 14.9. The van der Waals surface area contributed by atoms with Gasteiger partial charge in [-0.05, 0) is 123 Å². The fraction of sp³-hybridized carbons (Fsp3) is 0.629. The summed E-state index contributed by atoms with van der Waals surface area (Å²) < 4.78 is 20.9. The minimum atomic E-state index is -0.910. The monoisotopic (exact) mass is 733 g/mol. The Hall–Kier alpha value is -4.34. The van der Waals surface area contributed by atoms with Crippen molar-refractivity contribution in [2.75, 3.05) is 18.8 Å². The molecule has 2 rings (SSSR count). The molecule has 0 saturated carbocycles. The zero-order valence-corrected chi connectivity index (χ0v) is 32.4. The van der Waals surface area contributed by atoms with Gasteiger partial charge in [-0.3, -0.25) is 20.4 Å².